The van der Waals surface area contributed by atoms with E-state index in [1.54, 1.807) is 0 Å². The lowest BCUT2D eigenvalue weighted by atomic mass is 9.69. The van der Waals surface area contributed by atoms with Gasteiger partial charge in [-0.05, 0) is 79.1 Å². The normalized spacial score (nSPS) is 21.3. The summed E-state index contributed by atoms with van der Waals surface area (Å²) in [5.41, 5.74) is 5.83. The number of hydrogen-bond acceptors (Lipinski definition) is 2. The topological polar surface area (TPSA) is 12.5 Å². The Morgan fingerprint density at radius 1 is 0.767 bits per heavy atom. The largest absolute Gasteiger partial charge is 0.492 e. The molecule has 0 saturated carbocycles. The fourth-order valence-electron chi connectivity index (χ4n) is 5.30. The third kappa shape index (κ3) is 4.15. The number of likely N-dealkylation sites (tertiary alicyclic amines) is 1. The second-order valence-corrected chi connectivity index (χ2v) is 8.70. The van der Waals surface area contributed by atoms with E-state index < -0.39 is 0 Å². The van der Waals surface area contributed by atoms with Crippen molar-refractivity contribution >= 4 is 0 Å². The molecule has 2 aliphatic rings. The molecule has 0 bridgehead atoms. The fourth-order valence-corrected chi connectivity index (χ4v) is 5.30. The van der Waals surface area contributed by atoms with Crippen LogP contribution >= 0.6 is 0 Å². The van der Waals surface area contributed by atoms with E-state index in [0.29, 0.717) is 11.8 Å². The van der Waals surface area contributed by atoms with Crippen molar-refractivity contribution in [3.05, 3.63) is 101 Å². The van der Waals surface area contributed by atoms with Crippen molar-refractivity contribution in [2.75, 3.05) is 26.2 Å². The third-order valence-corrected chi connectivity index (χ3v) is 6.86. The van der Waals surface area contributed by atoms with E-state index in [-0.39, 0.29) is 0 Å². The number of ether oxygens (including phenoxy) is 1. The first-order valence-corrected chi connectivity index (χ1v) is 11.5. The number of fused-ring (bicyclic) bond motifs is 1. The first kappa shape index (κ1) is 19.4. The maximum Gasteiger partial charge on any atom is 0.119 e. The van der Waals surface area contributed by atoms with E-state index in [0.717, 1.165) is 25.3 Å². The van der Waals surface area contributed by atoms with Crippen molar-refractivity contribution in [3.8, 4) is 5.75 Å². The molecule has 2 atom stereocenters. The van der Waals surface area contributed by atoms with Gasteiger partial charge in [0.1, 0.15) is 12.4 Å². The molecule has 0 N–H and O–H groups in total. The predicted octanol–water partition coefficient (Wildman–Crippen LogP) is 6.02. The average Bonchev–Trinajstić information content (AvgIpc) is 3.33. The Bertz CT molecular complexity index is 944. The molecule has 1 saturated heterocycles. The Balaban J connectivity index is 1.37. The van der Waals surface area contributed by atoms with Crippen molar-refractivity contribution in [2.45, 2.75) is 37.5 Å². The number of benzene rings is 3. The first-order chi connectivity index (χ1) is 14.9. The van der Waals surface area contributed by atoms with Crippen LogP contribution in [0.15, 0.2) is 78.9 Å². The number of hydrogen-bond donors (Lipinski definition) is 0. The van der Waals surface area contributed by atoms with Crippen LogP contribution in [0.3, 0.4) is 0 Å². The summed E-state index contributed by atoms with van der Waals surface area (Å²) in [6.07, 6.45) is 5.02. The molecule has 3 aromatic rings. The Labute approximate surface area is 180 Å². The minimum atomic E-state index is 0.399. The molecule has 0 spiro atoms. The van der Waals surface area contributed by atoms with Crippen LogP contribution in [-0.2, 0) is 6.42 Å². The summed E-state index contributed by atoms with van der Waals surface area (Å²) in [6, 6.07) is 28.9. The van der Waals surface area contributed by atoms with E-state index in [2.05, 4.69) is 83.8 Å². The minimum absolute atomic E-state index is 0.399. The van der Waals surface area contributed by atoms with Crippen molar-refractivity contribution < 1.29 is 4.74 Å². The first-order valence-electron chi connectivity index (χ1n) is 11.5. The standard InChI is InChI=1S/C28H31NO/c1-2-8-22(9-3-1)27-17-14-23-10-4-5-11-26(23)28(27)24-12-15-25(16-13-24)30-21-20-29-18-6-7-19-29/h1-5,8-13,15-16,27-28H,6-7,14,17-21H2/t27-,28-/m1/s1. The van der Waals surface area contributed by atoms with Gasteiger partial charge in [0.15, 0.2) is 0 Å². The van der Waals surface area contributed by atoms with Crippen LogP contribution in [0, 0.1) is 0 Å². The van der Waals surface area contributed by atoms with Crippen molar-refractivity contribution in [3.63, 3.8) is 0 Å². The van der Waals surface area contributed by atoms with Gasteiger partial charge < -0.3 is 4.74 Å². The fraction of sp³-hybridized carbons (Fsp3) is 0.357. The molecule has 5 rings (SSSR count). The summed E-state index contributed by atoms with van der Waals surface area (Å²) >= 11 is 0. The van der Waals surface area contributed by atoms with Gasteiger partial charge in [0.25, 0.3) is 0 Å². The van der Waals surface area contributed by atoms with Gasteiger partial charge >= 0.3 is 0 Å². The van der Waals surface area contributed by atoms with E-state index in [1.165, 1.54) is 54.6 Å². The Kier molecular flexibility index (Phi) is 5.85. The van der Waals surface area contributed by atoms with E-state index in [9.17, 15) is 0 Å². The van der Waals surface area contributed by atoms with Gasteiger partial charge in [-0.3, -0.25) is 4.90 Å². The quantitative estimate of drug-likeness (QED) is 0.504. The van der Waals surface area contributed by atoms with Crippen LogP contribution in [-0.4, -0.2) is 31.1 Å². The number of aryl methyl sites for hydroxylation is 1. The molecular weight excluding hydrogens is 366 g/mol. The summed E-state index contributed by atoms with van der Waals surface area (Å²) in [5.74, 6) is 1.90. The highest BCUT2D eigenvalue weighted by atomic mass is 16.5. The molecule has 2 heteroatoms. The molecule has 1 aliphatic carbocycles. The molecule has 1 heterocycles. The van der Waals surface area contributed by atoms with Gasteiger partial charge in [0, 0.05) is 12.5 Å². The molecule has 154 valence electrons. The molecule has 0 radical (unpaired) electrons. The summed E-state index contributed by atoms with van der Waals surface area (Å²) in [5, 5.41) is 0. The molecule has 3 aromatic carbocycles. The zero-order valence-corrected chi connectivity index (χ0v) is 17.7. The molecule has 0 aromatic heterocycles. The molecular formula is C28H31NO. The molecule has 1 fully saturated rings. The lowest BCUT2D eigenvalue weighted by Gasteiger charge is -2.34. The second kappa shape index (κ2) is 9.06. The summed E-state index contributed by atoms with van der Waals surface area (Å²) in [6.45, 7) is 4.26. The third-order valence-electron chi connectivity index (χ3n) is 6.86. The molecule has 30 heavy (non-hydrogen) atoms. The van der Waals surface area contributed by atoms with Crippen LogP contribution in [0.1, 0.15) is 53.4 Å². The van der Waals surface area contributed by atoms with Crippen LogP contribution in [0.4, 0.5) is 0 Å². The highest BCUT2D eigenvalue weighted by Gasteiger charge is 2.31. The van der Waals surface area contributed by atoms with E-state index in [4.69, 9.17) is 4.74 Å². The highest BCUT2D eigenvalue weighted by Crippen LogP contribution is 2.46. The summed E-state index contributed by atoms with van der Waals surface area (Å²) in [4.78, 5) is 2.50. The molecule has 1 aliphatic heterocycles. The van der Waals surface area contributed by atoms with Gasteiger partial charge in [-0.1, -0.05) is 66.7 Å². The van der Waals surface area contributed by atoms with Crippen LogP contribution in [0.5, 0.6) is 5.75 Å². The SMILES string of the molecule is c1ccc([C@H]2CCc3ccccc3[C@H]2c2ccc(OCCN3CCCC3)cc2)cc1. The van der Waals surface area contributed by atoms with Crippen LogP contribution < -0.4 is 4.74 Å². The van der Waals surface area contributed by atoms with Crippen LogP contribution in [0.2, 0.25) is 0 Å². The monoisotopic (exact) mass is 397 g/mol. The lowest BCUT2D eigenvalue weighted by molar-refractivity contribution is 0.237. The Morgan fingerprint density at radius 3 is 2.30 bits per heavy atom. The molecule has 0 amide bonds. The Morgan fingerprint density at radius 2 is 1.50 bits per heavy atom. The number of nitrogens with zero attached hydrogens (tertiary/aromatic N) is 1. The van der Waals surface area contributed by atoms with Gasteiger partial charge in [-0.2, -0.15) is 0 Å². The Hall–Kier alpha value is -2.58. The lowest BCUT2D eigenvalue weighted by Crippen LogP contribution is -2.25. The van der Waals surface area contributed by atoms with E-state index in [1.807, 2.05) is 0 Å². The van der Waals surface area contributed by atoms with E-state index >= 15 is 0 Å². The average molecular weight is 398 g/mol. The van der Waals surface area contributed by atoms with Crippen molar-refractivity contribution in [2.24, 2.45) is 0 Å². The smallest absolute Gasteiger partial charge is 0.119 e. The van der Waals surface area contributed by atoms with Crippen LogP contribution in [0.25, 0.3) is 0 Å². The van der Waals surface area contributed by atoms with Gasteiger partial charge in [-0.25, -0.2) is 0 Å². The predicted molar refractivity (Wildman–Crippen MR) is 123 cm³/mol. The second-order valence-electron chi connectivity index (χ2n) is 8.70. The molecule has 2 nitrogen and oxygen atoms in total. The maximum atomic E-state index is 6.05. The minimum Gasteiger partial charge on any atom is -0.492 e. The highest BCUT2D eigenvalue weighted by molar-refractivity contribution is 5.45. The maximum absolute atomic E-state index is 6.05. The van der Waals surface area contributed by atoms with Crippen molar-refractivity contribution in [1.29, 1.82) is 0 Å². The van der Waals surface area contributed by atoms with Gasteiger partial charge in [0.05, 0.1) is 0 Å². The summed E-state index contributed by atoms with van der Waals surface area (Å²) < 4.78 is 6.05. The van der Waals surface area contributed by atoms with Crippen molar-refractivity contribution in [1.82, 2.24) is 4.90 Å². The summed E-state index contributed by atoms with van der Waals surface area (Å²) in [7, 11) is 0. The zero-order chi connectivity index (χ0) is 20.2. The number of rotatable bonds is 6. The van der Waals surface area contributed by atoms with Gasteiger partial charge in [-0.15, -0.1) is 0 Å². The molecule has 0 unspecified atom stereocenters. The van der Waals surface area contributed by atoms with Gasteiger partial charge in [0.2, 0.25) is 0 Å². The zero-order valence-electron chi connectivity index (χ0n) is 17.7.